The minimum Gasteiger partial charge on any atom is -0.396 e. The van der Waals surface area contributed by atoms with Crippen LogP contribution in [0.4, 0.5) is 0 Å². The Bertz CT molecular complexity index is 377. The summed E-state index contributed by atoms with van der Waals surface area (Å²) in [6.45, 7) is 4.65. The van der Waals surface area contributed by atoms with Crippen molar-refractivity contribution in [2.75, 3.05) is 6.61 Å². The standard InChI is InChI=1S/C13H20ClNOS/c1-8(2)10(5-6-16)15-11-3-4-12-9(11)7-13(14)17-12/h7-8,10-11,15-16H,3-6H2,1-2H3. The van der Waals surface area contributed by atoms with Crippen molar-refractivity contribution in [2.45, 2.75) is 45.2 Å². The summed E-state index contributed by atoms with van der Waals surface area (Å²) in [5.74, 6) is 0.542. The Kier molecular flexibility index (Phi) is 4.47. The zero-order valence-electron chi connectivity index (χ0n) is 10.4. The van der Waals surface area contributed by atoms with Crippen LogP contribution in [0.15, 0.2) is 6.07 Å². The lowest BCUT2D eigenvalue weighted by molar-refractivity contribution is 0.234. The summed E-state index contributed by atoms with van der Waals surface area (Å²) in [7, 11) is 0. The van der Waals surface area contributed by atoms with Crippen LogP contribution in [0.2, 0.25) is 4.34 Å². The van der Waals surface area contributed by atoms with Gasteiger partial charge < -0.3 is 10.4 Å². The predicted octanol–water partition coefficient (Wildman–Crippen LogP) is 3.39. The fourth-order valence-corrected chi connectivity index (χ4v) is 3.87. The smallest absolute Gasteiger partial charge is 0.0934 e. The van der Waals surface area contributed by atoms with E-state index in [0.29, 0.717) is 18.0 Å². The molecule has 2 atom stereocenters. The Morgan fingerprint density at radius 2 is 2.35 bits per heavy atom. The number of fused-ring (bicyclic) bond motifs is 1. The first kappa shape index (κ1) is 13.3. The lowest BCUT2D eigenvalue weighted by atomic mass is 9.99. The first-order chi connectivity index (χ1) is 8.11. The largest absolute Gasteiger partial charge is 0.396 e. The summed E-state index contributed by atoms with van der Waals surface area (Å²) in [6.07, 6.45) is 3.11. The van der Waals surface area contributed by atoms with E-state index in [1.54, 1.807) is 11.3 Å². The third-order valence-corrected chi connectivity index (χ3v) is 4.85. The molecule has 1 aliphatic rings. The molecule has 2 unspecified atom stereocenters. The Balaban J connectivity index is 2.04. The molecule has 0 saturated carbocycles. The molecular formula is C13H20ClNOS. The number of hydrogen-bond acceptors (Lipinski definition) is 3. The molecule has 1 aromatic heterocycles. The van der Waals surface area contributed by atoms with Crippen molar-refractivity contribution in [1.29, 1.82) is 0 Å². The summed E-state index contributed by atoms with van der Waals surface area (Å²) in [6, 6.07) is 2.91. The van der Waals surface area contributed by atoms with Crippen LogP contribution in [0.5, 0.6) is 0 Å². The SMILES string of the molecule is CC(C)C(CCO)NC1CCc2sc(Cl)cc21. The highest BCUT2D eigenvalue weighted by Crippen LogP contribution is 2.39. The molecule has 0 aliphatic heterocycles. The lowest BCUT2D eigenvalue weighted by Crippen LogP contribution is -2.36. The molecule has 1 aliphatic carbocycles. The van der Waals surface area contributed by atoms with Gasteiger partial charge in [-0.15, -0.1) is 11.3 Å². The van der Waals surface area contributed by atoms with Crippen molar-refractivity contribution < 1.29 is 5.11 Å². The third kappa shape index (κ3) is 3.02. The first-order valence-electron chi connectivity index (χ1n) is 6.26. The van der Waals surface area contributed by atoms with Crippen LogP contribution in [0.3, 0.4) is 0 Å². The van der Waals surface area contributed by atoms with Crippen molar-refractivity contribution in [3.63, 3.8) is 0 Å². The number of aliphatic hydroxyl groups excluding tert-OH is 1. The van der Waals surface area contributed by atoms with Gasteiger partial charge in [-0.25, -0.2) is 0 Å². The van der Waals surface area contributed by atoms with Crippen LogP contribution in [-0.4, -0.2) is 17.8 Å². The van der Waals surface area contributed by atoms with Gasteiger partial charge in [0, 0.05) is 23.6 Å². The van der Waals surface area contributed by atoms with Gasteiger partial charge in [0.25, 0.3) is 0 Å². The molecule has 1 aromatic rings. The number of thiophene rings is 1. The van der Waals surface area contributed by atoms with E-state index in [9.17, 15) is 0 Å². The summed E-state index contributed by atoms with van der Waals surface area (Å²) in [5, 5.41) is 12.8. The molecule has 96 valence electrons. The van der Waals surface area contributed by atoms with Crippen molar-refractivity contribution in [3.8, 4) is 0 Å². The molecule has 2 N–H and O–H groups in total. The average molecular weight is 274 g/mol. The van der Waals surface area contributed by atoms with E-state index < -0.39 is 0 Å². The lowest BCUT2D eigenvalue weighted by Gasteiger charge is -2.26. The van der Waals surface area contributed by atoms with Crippen molar-refractivity contribution in [1.82, 2.24) is 5.32 Å². The predicted molar refractivity (Wildman–Crippen MR) is 73.9 cm³/mol. The molecule has 2 rings (SSSR count). The zero-order chi connectivity index (χ0) is 12.4. The highest BCUT2D eigenvalue weighted by atomic mass is 35.5. The zero-order valence-corrected chi connectivity index (χ0v) is 11.9. The molecule has 0 radical (unpaired) electrons. The van der Waals surface area contributed by atoms with Crippen molar-refractivity contribution in [3.05, 3.63) is 20.8 Å². The van der Waals surface area contributed by atoms with Gasteiger partial charge in [0.05, 0.1) is 4.34 Å². The second kappa shape index (κ2) is 5.70. The fourth-order valence-electron chi connectivity index (χ4n) is 2.51. The number of aryl methyl sites for hydroxylation is 1. The molecular weight excluding hydrogens is 254 g/mol. The van der Waals surface area contributed by atoms with Crippen molar-refractivity contribution >= 4 is 22.9 Å². The maximum absolute atomic E-state index is 9.10. The second-order valence-electron chi connectivity index (χ2n) is 5.05. The molecule has 0 bridgehead atoms. The van der Waals surface area contributed by atoms with Crippen molar-refractivity contribution in [2.24, 2.45) is 5.92 Å². The Morgan fingerprint density at radius 1 is 1.59 bits per heavy atom. The number of hydrogen-bond donors (Lipinski definition) is 2. The number of nitrogens with one attached hydrogen (secondary N) is 1. The summed E-state index contributed by atoms with van der Waals surface area (Å²) >= 11 is 7.76. The molecule has 0 saturated heterocycles. The Morgan fingerprint density at radius 3 is 3.00 bits per heavy atom. The Hall–Kier alpha value is -0.0900. The number of halogens is 1. The molecule has 4 heteroatoms. The fraction of sp³-hybridized carbons (Fsp3) is 0.692. The van der Waals surface area contributed by atoms with E-state index in [0.717, 1.165) is 23.6 Å². The summed E-state index contributed by atoms with van der Waals surface area (Å²) in [5.41, 5.74) is 1.38. The van der Waals surface area contributed by atoms with E-state index >= 15 is 0 Å². The van der Waals surface area contributed by atoms with Gasteiger partial charge in [0.1, 0.15) is 0 Å². The van der Waals surface area contributed by atoms with Crippen LogP contribution in [-0.2, 0) is 6.42 Å². The highest BCUT2D eigenvalue weighted by Gasteiger charge is 2.27. The van der Waals surface area contributed by atoms with Crippen LogP contribution in [0.25, 0.3) is 0 Å². The normalized spacial score (nSPS) is 20.9. The minimum atomic E-state index is 0.250. The number of rotatable bonds is 5. The molecule has 0 fully saturated rings. The quantitative estimate of drug-likeness (QED) is 0.862. The summed E-state index contributed by atoms with van der Waals surface area (Å²) < 4.78 is 0.893. The third-order valence-electron chi connectivity index (χ3n) is 3.51. The second-order valence-corrected chi connectivity index (χ2v) is 6.82. The average Bonchev–Trinajstić information content (AvgIpc) is 2.78. The number of aliphatic hydroxyl groups is 1. The van der Waals surface area contributed by atoms with Gasteiger partial charge in [-0.05, 0) is 36.8 Å². The van der Waals surface area contributed by atoms with E-state index in [2.05, 4.69) is 25.2 Å². The first-order valence-corrected chi connectivity index (χ1v) is 7.46. The van der Waals surface area contributed by atoms with Gasteiger partial charge in [-0.3, -0.25) is 0 Å². The molecule has 1 heterocycles. The van der Waals surface area contributed by atoms with Gasteiger partial charge in [0.2, 0.25) is 0 Å². The maximum Gasteiger partial charge on any atom is 0.0934 e. The van der Waals surface area contributed by atoms with E-state index in [4.69, 9.17) is 16.7 Å². The molecule has 0 spiro atoms. The van der Waals surface area contributed by atoms with Gasteiger partial charge >= 0.3 is 0 Å². The van der Waals surface area contributed by atoms with Crippen LogP contribution >= 0.6 is 22.9 Å². The van der Waals surface area contributed by atoms with Gasteiger partial charge in [0.15, 0.2) is 0 Å². The van der Waals surface area contributed by atoms with Crippen LogP contribution in [0.1, 0.15) is 43.2 Å². The topological polar surface area (TPSA) is 32.3 Å². The highest BCUT2D eigenvalue weighted by molar-refractivity contribution is 7.16. The molecule has 17 heavy (non-hydrogen) atoms. The van der Waals surface area contributed by atoms with E-state index in [1.807, 2.05) is 0 Å². The molecule has 0 amide bonds. The Labute approximate surface area is 112 Å². The van der Waals surface area contributed by atoms with E-state index in [-0.39, 0.29) is 6.61 Å². The van der Waals surface area contributed by atoms with Gasteiger partial charge in [-0.2, -0.15) is 0 Å². The minimum absolute atomic E-state index is 0.250. The van der Waals surface area contributed by atoms with Crippen LogP contribution < -0.4 is 5.32 Å². The maximum atomic E-state index is 9.10. The van der Waals surface area contributed by atoms with Gasteiger partial charge in [-0.1, -0.05) is 25.4 Å². The monoisotopic (exact) mass is 273 g/mol. The molecule has 2 nitrogen and oxygen atoms in total. The summed E-state index contributed by atoms with van der Waals surface area (Å²) in [4.78, 5) is 1.43. The van der Waals surface area contributed by atoms with E-state index in [1.165, 1.54) is 10.4 Å². The van der Waals surface area contributed by atoms with Crippen LogP contribution in [0, 0.1) is 5.92 Å². The molecule has 0 aromatic carbocycles.